The third-order valence-corrected chi connectivity index (χ3v) is 4.81. The Morgan fingerprint density at radius 2 is 1.90 bits per heavy atom. The first-order chi connectivity index (χ1) is 10.1. The van der Waals surface area contributed by atoms with E-state index < -0.39 is 6.10 Å². The Kier molecular flexibility index (Phi) is 4.20. The summed E-state index contributed by atoms with van der Waals surface area (Å²) in [5.41, 5.74) is 3.63. The van der Waals surface area contributed by atoms with E-state index >= 15 is 0 Å². The number of ether oxygens (including phenoxy) is 1. The van der Waals surface area contributed by atoms with E-state index in [2.05, 4.69) is 42.7 Å². The maximum atomic E-state index is 10.5. The van der Waals surface area contributed by atoms with E-state index in [0.29, 0.717) is 6.61 Å². The number of nitrogens with zero attached hydrogens (tertiary/aromatic N) is 2. The number of rotatable bonds is 2. The van der Waals surface area contributed by atoms with Crippen LogP contribution >= 0.6 is 0 Å². The van der Waals surface area contributed by atoms with Gasteiger partial charge in [0.25, 0.3) is 0 Å². The molecular weight excluding hydrogens is 264 g/mol. The number of aryl methyl sites for hydroxylation is 2. The topological polar surface area (TPSA) is 35.9 Å². The van der Waals surface area contributed by atoms with Gasteiger partial charge >= 0.3 is 0 Å². The van der Waals surface area contributed by atoms with Gasteiger partial charge < -0.3 is 14.7 Å². The van der Waals surface area contributed by atoms with Gasteiger partial charge in [-0.2, -0.15) is 0 Å². The summed E-state index contributed by atoms with van der Waals surface area (Å²) in [4.78, 5) is 4.89. The van der Waals surface area contributed by atoms with E-state index in [0.717, 1.165) is 38.5 Å². The molecule has 0 aliphatic carbocycles. The fourth-order valence-corrected chi connectivity index (χ4v) is 3.68. The molecule has 0 radical (unpaired) electrons. The molecule has 21 heavy (non-hydrogen) atoms. The molecule has 2 atom stereocenters. The Morgan fingerprint density at radius 3 is 2.57 bits per heavy atom. The second-order valence-corrected chi connectivity index (χ2v) is 6.29. The van der Waals surface area contributed by atoms with Crippen molar-refractivity contribution in [2.75, 3.05) is 39.3 Å². The van der Waals surface area contributed by atoms with Crippen LogP contribution in [0.4, 0.5) is 0 Å². The predicted octanol–water partition coefficient (Wildman–Crippen LogP) is 1.74. The lowest BCUT2D eigenvalue weighted by molar-refractivity contribution is -0.0178. The standard InChI is InChI=1S/C17H26N2O2/c1-4-18-5-7-19(8-6-18)17-14(20)11-21-15-10-12(2)9-13(3)16(15)17/h9-10,14,17,20H,4-8,11H2,1-3H3. The molecule has 1 fully saturated rings. The lowest BCUT2D eigenvalue weighted by Gasteiger charge is -2.43. The van der Waals surface area contributed by atoms with Crippen LogP contribution < -0.4 is 4.74 Å². The highest BCUT2D eigenvalue weighted by Crippen LogP contribution is 2.39. The lowest BCUT2D eigenvalue weighted by Crippen LogP contribution is -2.51. The van der Waals surface area contributed by atoms with Crippen molar-refractivity contribution in [1.29, 1.82) is 0 Å². The van der Waals surface area contributed by atoms with E-state index in [4.69, 9.17) is 4.74 Å². The highest BCUT2D eigenvalue weighted by molar-refractivity contribution is 5.47. The molecule has 1 aromatic rings. The third-order valence-electron chi connectivity index (χ3n) is 4.81. The fourth-order valence-electron chi connectivity index (χ4n) is 3.68. The van der Waals surface area contributed by atoms with Crippen LogP contribution in [0.2, 0.25) is 0 Å². The highest BCUT2D eigenvalue weighted by atomic mass is 16.5. The van der Waals surface area contributed by atoms with E-state index in [1.807, 2.05) is 0 Å². The van der Waals surface area contributed by atoms with Crippen molar-refractivity contribution >= 4 is 0 Å². The van der Waals surface area contributed by atoms with Gasteiger partial charge in [-0.05, 0) is 37.6 Å². The van der Waals surface area contributed by atoms with Gasteiger partial charge in [0.05, 0.1) is 6.04 Å². The molecule has 0 bridgehead atoms. The Morgan fingerprint density at radius 1 is 1.19 bits per heavy atom. The number of benzene rings is 1. The van der Waals surface area contributed by atoms with Crippen molar-refractivity contribution in [2.24, 2.45) is 0 Å². The summed E-state index contributed by atoms with van der Waals surface area (Å²) in [5.74, 6) is 0.959. The quantitative estimate of drug-likeness (QED) is 0.900. The molecule has 1 aromatic carbocycles. The summed E-state index contributed by atoms with van der Waals surface area (Å²) in [6.07, 6.45) is -0.438. The molecule has 0 amide bonds. The molecular formula is C17H26N2O2. The summed E-state index contributed by atoms with van der Waals surface area (Å²) in [7, 11) is 0. The van der Waals surface area contributed by atoms with Crippen LogP contribution in [0.5, 0.6) is 5.75 Å². The molecule has 3 rings (SSSR count). The molecule has 1 N–H and O–H groups in total. The summed E-state index contributed by atoms with van der Waals surface area (Å²) in [6.45, 7) is 12.1. The fraction of sp³-hybridized carbons (Fsp3) is 0.647. The number of likely N-dealkylation sites (N-methyl/N-ethyl adjacent to an activating group) is 1. The van der Waals surface area contributed by atoms with E-state index in [1.165, 1.54) is 16.7 Å². The van der Waals surface area contributed by atoms with Gasteiger partial charge in [-0.1, -0.05) is 13.0 Å². The largest absolute Gasteiger partial charge is 0.490 e. The molecule has 4 nitrogen and oxygen atoms in total. The summed E-state index contributed by atoms with van der Waals surface area (Å²) in [5, 5.41) is 10.5. The van der Waals surface area contributed by atoms with Crippen molar-refractivity contribution in [2.45, 2.75) is 32.9 Å². The van der Waals surface area contributed by atoms with Crippen LogP contribution in [-0.2, 0) is 0 Å². The molecule has 2 heterocycles. The molecule has 4 heteroatoms. The Labute approximate surface area is 127 Å². The highest BCUT2D eigenvalue weighted by Gasteiger charge is 2.36. The first-order valence-electron chi connectivity index (χ1n) is 7.98. The first kappa shape index (κ1) is 14.8. The number of hydrogen-bond donors (Lipinski definition) is 1. The summed E-state index contributed by atoms with van der Waals surface area (Å²) in [6, 6.07) is 4.37. The third kappa shape index (κ3) is 2.80. The molecule has 0 aromatic heterocycles. The molecule has 0 saturated carbocycles. The normalized spacial score (nSPS) is 27.2. The zero-order valence-electron chi connectivity index (χ0n) is 13.3. The van der Waals surface area contributed by atoms with Gasteiger partial charge in [-0.15, -0.1) is 0 Å². The number of aliphatic hydroxyl groups is 1. The second kappa shape index (κ2) is 5.95. The van der Waals surface area contributed by atoms with Crippen molar-refractivity contribution in [3.8, 4) is 5.75 Å². The van der Waals surface area contributed by atoms with Crippen LogP contribution in [0.3, 0.4) is 0 Å². The molecule has 2 unspecified atom stereocenters. The van der Waals surface area contributed by atoms with Crippen LogP contribution in [0, 0.1) is 13.8 Å². The number of aliphatic hydroxyl groups excluding tert-OH is 1. The zero-order valence-corrected chi connectivity index (χ0v) is 13.3. The van der Waals surface area contributed by atoms with E-state index in [9.17, 15) is 5.11 Å². The minimum atomic E-state index is -0.438. The van der Waals surface area contributed by atoms with Crippen LogP contribution in [-0.4, -0.2) is 60.3 Å². The summed E-state index contributed by atoms with van der Waals surface area (Å²) < 4.78 is 5.77. The zero-order chi connectivity index (χ0) is 15.0. The minimum absolute atomic E-state index is 0.0772. The summed E-state index contributed by atoms with van der Waals surface area (Å²) >= 11 is 0. The van der Waals surface area contributed by atoms with Crippen molar-refractivity contribution in [1.82, 2.24) is 9.80 Å². The Balaban J connectivity index is 1.89. The van der Waals surface area contributed by atoms with E-state index in [1.54, 1.807) is 0 Å². The minimum Gasteiger partial charge on any atom is -0.490 e. The second-order valence-electron chi connectivity index (χ2n) is 6.29. The van der Waals surface area contributed by atoms with Gasteiger partial charge in [0, 0.05) is 31.7 Å². The van der Waals surface area contributed by atoms with Crippen molar-refractivity contribution in [3.05, 3.63) is 28.8 Å². The van der Waals surface area contributed by atoms with Gasteiger partial charge in [0.1, 0.15) is 18.5 Å². The predicted molar refractivity (Wildman–Crippen MR) is 83.8 cm³/mol. The molecule has 1 saturated heterocycles. The van der Waals surface area contributed by atoms with Crippen LogP contribution in [0.15, 0.2) is 12.1 Å². The molecule has 0 spiro atoms. The molecule has 2 aliphatic rings. The maximum Gasteiger partial charge on any atom is 0.124 e. The number of fused-ring (bicyclic) bond motifs is 1. The lowest BCUT2D eigenvalue weighted by atomic mass is 9.91. The van der Waals surface area contributed by atoms with Gasteiger partial charge in [0.15, 0.2) is 0 Å². The Bertz CT molecular complexity index is 510. The monoisotopic (exact) mass is 290 g/mol. The van der Waals surface area contributed by atoms with E-state index in [-0.39, 0.29) is 6.04 Å². The number of piperazine rings is 1. The van der Waals surface area contributed by atoms with Gasteiger partial charge in [-0.3, -0.25) is 4.90 Å². The Hall–Kier alpha value is -1.10. The molecule has 2 aliphatic heterocycles. The first-order valence-corrected chi connectivity index (χ1v) is 7.98. The van der Waals surface area contributed by atoms with Crippen LogP contribution in [0.1, 0.15) is 29.7 Å². The maximum absolute atomic E-state index is 10.5. The van der Waals surface area contributed by atoms with Crippen LogP contribution in [0.25, 0.3) is 0 Å². The average molecular weight is 290 g/mol. The van der Waals surface area contributed by atoms with Crippen molar-refractivity contribution in [3.63, 3.8) is 0 Å². The van der Waals surface area contributed by atoms with Crippen molar-refractivity contribution < 1.29 is 9.84 Å². The average Bonchev–Trinajstić information content (AvgIpc) is 2.48. The number of hydrogen-bond acceptors (Lipinski definition) is 4. The van der Waals surface area contributed by atoms with Gasteiger partial charge in [-0.25, -0.2) is 0 Å². The SMILES string of the molecule is CCN1CCN(C2c3c(C)cc(C)cc3OCC2O)CC1. The smallest absolute Gasteiger partial charge is 0.124 e. The van der Waals surface area contributed by atoms with Gasteiger partial charge in [0.2, 0.25) is 0 Å². The molecule has 116 valence electrons.